The van der Waals surface area contributed by atoms with E-state index in [9.17, 15) is 4.79 Å². The van der Waals surface area contributed by atoms with Crippen LogP contribution < -0.4 is 5.32 Å². The normalized spacial score (nSPS) is 10.7. The van der Waals surface area contributed by atoms with E-state index in [0.29, 0.717) is 23.0 Å². The molecule has 0 aliphatic rings. The second-order valence-corrected chi connectivity index (χ2v) is 4.64. The number of nitrogens with one attached hydrogen (secondary N) is 1. The van der Waals surface area contributed by atoms with Crippen LogP contribution in [-0.4, -0.2) is 25.5 Å². The molecule has 0 radical (unpaired) electrons. The van der Waals surface area contributed by atoms with Crippen molar-refractivity contribution in [2.75, 3.05) is 0 Å². The summed E-state index contributed by atoms with van der Waals surface area (Å²) in [6.45, 7) is 5.00. The topological polar surface area (TPSA) is 64.7 Å². The van der Waals surface area contributed by atoms with Crippen LogP contribution >= 0.6 is 11.6 Å². The summed E-state index contributed by atoms with van der Waals surface area (Å²) in [5, 5.41) is 11.5. The number of aromatic nitrogens is 4. The molecule has 0 atom stereocenters. The van der Waals surface area contributed by atoms with E-state index in [2.05, 4.69) is 15.5 Å². The number of amides is 1. The summed E-state index contributed by atoms with van der Waals surface area (Å²) in [5.41, 5.74) is 1.97. The van der Waals surface area contributed by atoms with Crippen molar-refractivity contribution in [1.82, 2.24) is 24.9 Å². The maximum atomic E-state index is 12.1. The summed E-state index contributed by atoms with van der Waals surface area (Å²) in [4.78, 5) is 12.1. The second kappa shape index (κ2) is 5.44. The zero-order valence-electron chi connectivity index (χ0n) is 11.1. The lowest BCUT2D eigenvalue weighted by Crippen LogP contribution is -2.25. The fourth-order valence-corrected chi connectivity index (χ4v) is 2.06. The molecule has 0 saturated carbocycles. The minimum Gasteiger partial charge on any atom is -0.346 e. The van der Waals surface area contributed by atoms with Crippen molar-refractivity contribution in [3.05, 3.63) is 34.4 Å². The second-order valence-electron chi connectivity index (χ2n) is 4.26. The minimum atomic E-state index is -0.239. The van der Waals surface area contributed by atoms with Crippen LogP contribution in [0.25, 0.3) is 0 Å². The maximum Gasteiger partial charge on any atom is 0.271 e. The van der Waals surface area contributed by atoms with Gasteiger partial charge in [-0.15, -0.1) is 0 Å². The Morgan fingerprint density at radius 2 is 2.26 bits per heavy atom. The van der Waals surface area contributed by atoms with Gasteiger partial charge in [-0.2, -0.15) is 10.2 Å². The fraction of sp³-hybridized carbons (Fsp3) is 0.417. The summed E-state index contributed by atoms with van der Waals surface area (Å²) >= 11 is 6.06. The van der Waals surface area contributed by atoms with Gasteiger partial charge in [0.05, 0.1) is 16.9 Å². The van der Waals surface area contributed by atoms with E-state index in [1.54, 1.807) is 20.2 Å². The van der Waals surface area contributed by atoms with Crippen molar-refractivity contribution in [2.24, 2.45) is 7.05 Å². The first-order valence-corrected chi connectivity index (χ1v) is 6.39. The average molecular weight is 282 g/mol. The SMILES string of the molecule is CCn1cc(CNC(=O)c2c(Cl)c(C)nn2C)cn1. The zero-order chi connectivity index (χ0) is 14.0. The summed E-state index contributed by atoms with van der Waals surface area (Å²) in [7, 11) is 1.70. The zero-order valence-corrected chi connectivity index (χ0v) is 11.9. The van der Waals surface area contributed by atoms with Crippen LogP contribution in [0.2, 0.25) is 5.02 Å². The third-order valence-corrected chi connectivity index (χ3v) is 3.28. The number of rotatable bonds is 4. The molecule has 7 heteroatoms. The lowest BCUT2D eigenvalue weighted by atomic mass is 10.3. The van der Waals surface area contributed by atoms with Gasteiger partial charge in [-0.25, -0.2) is 0 Å². The molecule has 1 N–H and O–H groups in total. The highest BCUT2D eigenvalue weighted by Crippen LogP contribution is 2.19. The van der Waals surface area contributed by atoms with E-state index in [-0.39, 0.29) is 5.91 Å². The molecular formula is C12H16ClN5O. The van der Waals surface area contributed by atoms with Gasteiger partial charge in [0.25, 0.3) is 5.91 Å². The van der Waals surface area contributed by atoms with Gasteiger partial charge in [0.2, 0.25) is 0 Å². The van der Waals surface area contributed by atoms with E-state index in [1.807, 2.05) is 17.8 Å². The first-order chi connectivity index (χ1) is 9.02. The largest absolute Gasteiger partial charge is 0.346 e. The van der Waals surface area contributed by atoms with Crippen molar-refractivity contribution in [2.45, 2.75) is 26.9 Å². The van der Waals surface area contributed by atoms with Crippen molar-refractivity contribution in [3.63, 3.8) is 0 Å². The monoisotopic (exact) mass is 281 g/mol. The molecule has 0 bridgehead atoms. The fourth-order valence-electron chi connectivity index (χ4n) is 1.82. The number of nitrogens with zero attached hydrogens (tertiary/aromatic N) is 4. The Morgan fingerprint density at radius 1 is 1.53 bits per heavy atom. The van der Waals surface area contributed by atoms with Gasteiger partial charge in [-0.05, 0) is 13.8 Å². The first-order valence-electron chi connectivity index (χ1n) is 6.01. The highest BCUT2D eigenvalue weighted by Gasteiger charge is 2.18. The lowest BCUT2D eigenvalue weighted by molar-refractivity contribution is 0.0941. The smallest absolute Gasteiger partial charge is 0.271 e. The summed E-state index contributed by atoms with van der Waals surface area (Å²) in [6, 6.07) is 0. The Bertz CT molecular complexity index is 601. The predicted octanol–water partition coefficient (Wildman–Crippen LogP) is 1.53. The van der Waals surface area contributed by atoms with E-state index >= 15 is 0 Å². The van der Waals surface area contributed by atoms with Gasteiger partial charge in [-0.3, -0.25) is 14.2 Å². The molecule has 2 aromatic rings. The molecule has 0 aromatic carbocycles. The van der Waals surface area contributed by atoms with Crippen molar-refractivity contribution >= 4 is 17.5 Å². The van der Waals surface area contributed by atoms with Gasteiger partial charge in [0.15, 0.2) is 0 Å². The van der Waals surface area contributed by atoms with E-state index in [1.165, 1.54) is 4.68 Å². The molecular weight excluding hydrogens is 266 g/mol. The van der Waals surface area contributed by atoms with Crippen molar-refractivity contribution < 1.29 is 4.79 Å². The van der Waals surface area contributed by atoms with E-state index in [0.717, 1.165) is 12.1 Å². The van der Waals surface area contributed by atoms with Gasteiger partial charge in [-0.1, -0.05) is 11.6 Å². The molecule has 1 amide bonds. The van der Waals surface area contributed by atoms with Crippen LogP contribution in [0.4, 0.5) is 0 Å². The Morgan fingerprint density at radius 3 is 2.79 bits per heavy atom. The Hall–Kier alpha value is -1.82. The summed E-state index contributed by atoms with van der Waals surface area (Å²) in [6.07, 6.45) is 3.64. The van der Waals surface area contributed by atoms with Crippen LogP contribution in [-0.2, 0) is 20.1 Å². The van der Waals surface area contributed by atoms with Crippen LogP contribution in [0.15, 0.2) is 12.4 Å². The third kappa shape index (κ3) is 2.78. The molecule has 0 aliphatic heterocycles. The molecule has 19 heavy (non-hydrogen) atoms. The molecule has 2 heterocycles. The number of halogens is 1. The Labute approximate surface area is 116 Å². The highest BCUT2D eigenvalue weighted by molar-refractivity contribution is 6.34. The standard InChI is InChI=1S/C12H16ClN5O/c1-4-18-7-9(6-15-18)5-14-12(19)11-10(13)8(2)16-17(11)3/h6-7H,4-5H2,1-3H3,(H,14,19). The molecule has 2 aromatic heterocycles. The summed E-state index contributed by atoms with van der Waals surface area (Å²) < 4.78 is 3.30. The van der Waals surface area contributed by atoms with E-state index < -0.39 is 0 Å². The lowest BCUT2D eigenvalue weighted by Gasteiger charge is -2.04. The molecule has 0 spiro atoms. The van der Waals surface area contributed by atoms with Gasteiger partial charge < -0.3 is 5.32 Å². The molecule has 0 aliphatic carbocycles. The Balaban J connectivity index is 2.05. The summed E-state index contributed by atoms with van der Waals surface area (Å²) in [5.74, 6) is -0.239. The first kappa shape index (κ1) is 13.6. The Kier molecular flexibility index (Phi) is 3.90. The third-order valence-electron chi connectivity index (χ3n) is 2.83. The van der Waals surface area contributed by atoms with Gasteiger partial charge >= 0.3 is 0 Å². The molecule has 102 valence electrons. The number of carbonyl (C=O) groups excluding carboxylic acids is 1. The highest BCUT2D eigenvalue weighted by atomic mass is 35.5. The quantitative estimate of drug-likeness (QED) is 0.924. The predicted molar refractivity (Wildman–Crippen MR) is 72.0 cm³/mol. The van der Waals surface area contributed by atoms with Crippen LogP contribution in [0, 0.1) is 6.92 Å². The number of aryl methyl sites for hydroxylation is 3. The molecule has 6 nitrogen and oxygen atoms in total. The van der Waals surface area contributed by atoms with Crippen LogP contribution in [0.5, 0.6) is 0 Å². The number of hydrogen-bond acceptors (Lipinski definition) is 3. The molecule has 2 rings (SSSR count). The minimum absolute atomic E-state index is 0.239. The molecule has 0 fully saturated rings. The number of carbonyl (C=O) groups is 1. The van der Waals surface area contributed by atoms with Crippen molar-refractivity contribution in [1.29, 1.82) is 0 Å². The number of hydrogen-bond donors (Lipinski definition) is 1. The van der Waals surface area contributed by atoms with Crippen molar-refractivity contribution in [3.8, 4) is 0 Å². The maximum absolute atomic E-state index is 12.1. The van der Waals surface area contributed by atoms with Gasteiger partial charge in [0.1, 0.15) is 5.69 Å². The molecule has 0 unspecified atom stereocenters. The van der Waals surface area contributed by atoms with Crippen LogP contribution in [0.3, 0.4) is 0 Å². The average Bonchev–Trinajstić information content (AvgIpc) is 2.93. The molecule has 0 saturated heterocycles. The van der Waals surface area contributed by atoms with Gasteiger partial charge in [0, 0.05) is 31.9 Å². The van der Waals surface area contributed by atoms with Crippen LogP contribution in [0.1, 0.15) is 28.7 Å². The van der Waals surface area contributed by atoms with E-state index in [4.69, 9.17) is 11.6 Å².